The van der Waals surface area contributed by atoms with Crippen molar-refractivity contribution >= 4 is 22.9 Å². The maximum absolute atomic E-state index is 5.99. The third kappa shape index (κ3) is 2.58. The Hall–Kier alpha value is -0.270. The molecule has 0 N–H and O–H groups in total. The molecule has 1 aromatic heterocycles. The zero-order chi connectivity index (χ0) is 9.10. The number of aryl methyl sites for hydroxylation is 1. The van der Waals surface area contributed by atoms with Gasteiger partial charge in [-0.1, -0.05) is 17.7 Å². The van der Waals surface area contributed by atoms with E-state index in [1.54, 1.807) is 5.57 Å². The maximum Gasteiger partial charge on any atom is 0.0521 e. The van der Waals surface area contributed by atoms with Gasteiger partial charge in [-0.2, -0.15) is 0 Å². The smallest absolute Gasteiger partial charge is 0.0521 e. The summed E-state index contributed by atoms with van der Waals surface area (Å²) < 4.78 is 0. The Morgan fingerprint density at radius 3 is 3.00 bits per heavy atom. The summed E-state index contributed by atoms with van der Waals surface area (Å²) in [4.78, 5) is 1.49. The van der Waals surface area contributed by atoms with Gasteiger partial charge in [-0.25, -0.2) is 0 Å². The lowest BCUT2D eigenvalue weighted by atomic mass is 10.1. The number of hydrogen-bond acceptors (Lipinski definition) is 1. The van der Waals surface area contributed by atoms with Crippen molar-refractivity contribution in [3.63, 3.8) is 0 Å². The van der Waals surface area contributed by atoms with Crippen molar-refractivity contribution in [2.45, 2.75) is 31.1 Å². The van der Waals surface area contributed by atoms with Crippen LogP contribution in [0.3, 0.4) is 0 Å². The Bertz CT molecular complexity index is 287. The third-order valence-electron chi connectivity index (χ3n) is 2.43. The van der Waals surface area contributed by atoms with Gasteiger partial charge in [-0.05, 0) is 37.1 Å². The second-order valence-corrected chi connectivity index (χ2v) is 5.05. The molecular formula is C11H13ClS. The molecule has 1 unspecified atom stereocenters. The van der Waals surface area contributed by atoms with Gasteiger partial charge in [0.15, 0.2) is 0 Å². The first-order valence-corrected chi connectivity index (χ1v) is 6.02. The quantitative estimate of drug-likeness (QED) is 0.525. The largest absolute Gasteiger partial charge is 0.149 e. The molecule has 0 nitrogen and oxygen atoms in total. The van der Waals surface area contributed by atoms with Crippen LogP contribution in [0.15, 0.2) is 29.2 Å². The van der Waals surface area contributed by atoms with E-state index in [0.717, 1.165) is 6.42 Å². The monoisotopic (exact) mass is 212 g/mol. The second kappa shape index (κ2) is 4.30. The highest BCUT2D eigenvalue weighted by Gasteiger charge is 2.12. The highest BCUT2D eigenvalue weighted by Crippen LogP contribution is 2.26. The number of hydrogen-bond donors (Lipinski definition) is 0. The van der Waals surface area contributed by atoms with Crippen molar-refractivity contribution in [1.29, 1.82) is 0 Å². The Morgan fingerprint density at radius 1 is 1.46 bits per heavy atom. The number of thiophene rings is 1. The summed E-state index contributed by atoms with van der Waals surface area (Å²) in [5, 5.41) is 2.45. The molecule has 0 amide bonds. The normalized spacial score (nSPS) is 21.9. The molecule has 13 heavy (non-hydrogen) atoms. The van der Waals surface area contributed by atoms with Gasteiger partial charge < -0.3 is 0 Å². The van der Waals surface area contributed by atoms with E-state index in [1.807, 2.05) is 11.3 Å². The van der Waals surface area contributed by atoms with Crippen LogP contribution in [0.5, 0.6) is 0 Å². The van der Waals surface area contributed by atoms with E-state index >= 15 is 0 Å². The topological polar surface area (TPSA) is 0 Å². The maximum atomic E-state index is 5.99. The van der Waals surface area contributed by atoms with Gasteiger partial charge >= 0.3 is 0 Å². The van der Waals surface area contributed by atoms with Crippen LogP contribution in [-0.2, 0) is 6.42 Å². The number of alkyl halides is 1. The van der Waals surface area contributed by atoms with Crippen LogP contribution in [0, 0.1) is 0 Å². The Morgan fingerprint density at radius 2 is 2.38 bits per heavy atom. The molecule has 0 spiro atoms. The average Bonchev–Trinajstić information content (AvgIpc) is 2.71. The van der Waals surface area contributed by atoms with Crippen molar-refractivity contribution in [2.75, 3.05) is 0 Å². The number of halogens is 1. The summed E-state index contributed by atoms with van der Waals surface area (Å²) in [5.41, 5.74) is 1.55. The summed E-state index contributed by atoms with van der Waals surface area (Å²) in [6.45, 7) is 0. The van der Waals surface area contributed by atoms with Gasteiger partial charge in [0.05, 0.1) is 5.38 Å². The molecule has 2 rings (SSSR count). The van der Waals surface area contributed by atoms with E-state index < -0.39 is 0 Å². The SMILES string of the molecule is ClC1C=C(CCc2cccs2)CC1. The Labute approximate surface area is 88.2 Å². The molecule has 0 radical (unpaired) electrons. The van der Waals surface area contributed by atoms with Crippen LogP contribution in [0.2, 0.25) is 0 Å². The fourth-order valence-corrected chi connectivity index (χ4v) is 2.69. The highest BCUT2D eigenvalue weighted by molar-refractivity contribution is 7.09. The minimum absolute atomic E-state index is 0.304. The predicted molar refractivity (Wildman–Crippen MR) is 59.6 cm³/mol. The molecule has 1 aliphatic rings. The molecular weight excluding hydrogens is 200 g/mol. The summed E-state index contributed by atoms with van der Waals surface area (Å²) >= 11 is 7.84. The van der Waals surface area contributed by atoms with E-state index in [1.165, 1.54) is 24.1 Å². The average molecular weight is 213 g/mol. The predicted octanol–water partition coefficient (Wildman–Crippen LogP) is 4.01. The van der Waals surface area contributed by atoms with E-state index in [9.17, 15) is 0 Å². The van der Waals surface area contributed by atoms with Gasteiger partial charge in [-0.3, -0.25) is 0 Å². The zero-order valence-corrected chi connectivity index (χ0v) is 9.07. The van der Waals surface area contributed by atoms with Gasteiger partial charge in [0, 0.05) is 4.88 Å². The van der Waals surface area contributed by atoms with Gasteiger partial charge in [0.2, 0.25) is 0 Å². The van der Waals surface area contributed by atoms with Crippen LogP contribution in [-0.4, -0.2) is 5.38 Å². The van der Waals surface area contributed by atoms with Crippen LogP contribution in [0.1, 0.15) is 24.1 Å². The van der Waals surface area contributed by atoms with Crippen LogP contribution in [0.25, 0.3) is 0 Å². The molecule has 0 bridgehead atoms. The molecule has 0 aliphatic heterocycles. The summed E-state index contributed by atoms with van der Waals surface area (Å²) in [6, 6.07) is 4.33. The van der Waals surface area contributed by atoms with E-state index in [2.05, 4.69) is 23.6 Å². The van der Waals surface area contributed by atoms with Crippen LogP contribution >= 0.6 is 22.9 Å². The lowest BCUT2D eigenvalue weighted by molar-refractivity contribution is 0.853. The standard InChI is InChI=1S/C11H13ClS/c12-10-5-3-9(8-10)4-6-11-2-1-7-13-11/h1-2,7-8,10H,3-6H2. The van der Waals surface area contributed by atoms with Crippen LogP contribution in [0.4, 0.5) is 0 Å². The Kier molecular flexibility index (Phi) is 3.07. The minimum atomic E-state index is 0.304. The molecule has 1 atom stereocenters. The minimum Gasteiger partial charge on any atom is -0.149 e. The van der Waals surface area contributed by atoms with Crippen LogP contribution < -0.4 is 0 Å². The molecule has 1 aromatic rings. The van der Waals surface area contributed by atoms with E-state index in [-0.39, 0.29) is 0 Å². The van der Waals surface area contributed by atoms with Gasteiger partial charge in [-0.15, -0.1) is 22.9 Å². The van der Waals surface area contributed by atoms with Gasteiger partial charge in [0.1, 0.15) is 0 Å². The molecule has 70 valence electrons. The first-order valence-electron chi connectivity index (χ1n) is 4.70. The summed E-state index contributed by atoms with van der Waals surface area (Å²) in [5.74, 6) is 0. The van der Waals surface area contributed by atoms with Crippen molar-refractivity contribution in [3.05, 3.63) is 34.0 Å². The number of allylic oxidation sites excluding steroid dienone is 2. The molecule has 0 fully saturated rings. The molecule has 2 heteroatoms. The van der Waals surface area contributed by atoms with Crippen molar-refractivity contribution in [3.8, 4) is 0 Å². The Balaban J connectivity index is 1.83. The van der Waals surface area contributed by atoms with E-state index in [4.69, 9.17) is 11.6 Å². The second-order valence-electron chi connectivity index (χ2n) is 3.46. The van der Waals surface area contributed by atoms with E-state index in [0.29, 0.717) is 5.38 Å². The lowest BCUT2D eigenvalue weighted by Crippen LogP contribution is -1.82. The molecule has 0 saturated heterocycles. The van der Waals surface area contributed by atoms with Crippen molar-refractivity contribution in [1.82, 2.24) is 0 Å². The fourth-order valence-electron chi connectivity index (χ4n) is 1.69. The zero-order valence-electron chi connectivity index (χ0n) is 7.50. The van der Waals surface area contributed by atoms with Gasteiger partial charge in [0.25, 0.3) is 0 Å². The highest BCUT2D eigenvalue weighted by atomic mass is 35.5. The first-order chi connectivity index (χ1) is 6.34. The van der Waals surface area contributed by atoms with Crippen molar-refractivity contribution < 1.29 is 0 Å². The first kappa shape index (κ1) is 9.29. The molecule has 0 aromatic carbocycles. The summed E-state index contributed by atoms with van der Waals surface area (Å²) in [7, 11) is 0. The molecule has 0 saturated carbocycles. The third-order valence-corrected chi connectivity index (χ3v) is 3.71. The number of rotatable bonds is 3. The fraction of sp³-hybridized carbons (Fsp3) is 0.455. The summed E-state index contributed by atoms with van der Waals surface area (Å²) in [6.07, 6.45) is 6.97. The molecule has 1 aliphatic carbocycles. The molecule has 1 heterocycles. The lowest BCUT2D eigenvalue weighted by Gasteiger charge is -1.98. The van der Waals surface area contributed by atoms with Crippen molar-refractivity contribution in [2.24, 2.45) is 0 Å².